The van der Waals surface area contributed by atoms with Crippen LogP contribution in [0.3, 0.4) is 0 Å². The zero-order valence-corrected chi connectivity index (χ0v) is 12.5. The van der Waals surface area contributed by atoms with Crippen molar-refractivity contribution in [2.75, 3.05) is 0 Å². The number of rotatable bonds is 2. The van der Waals surface area contributed by atoms with Gasteiger partial charge in [-0.05, 0) is 31.9 Å². The molecule has 3 rings (SSSR count). The lowest BCUT2D eigenvalue weighted by atomic mass is 9.82. The molecule has 116 valence electrons. The van der Waals surface area contributed by atoms with Gasteiger partial charge >= 0.3 is 6.03 Å². The Balaban J connectivity index is 1.74. The van der Waals surface area contributed by atoms with Gasteiger partial charge in [0.15, 0.2) is 0 Å². The largest absolute Gasteiger partial charge is 0.344 e. The molecule has 1 aliphatic heterocycles. The number of nitrogens with one attached hydrogen (secondary N) is 2. The molecule has 0 radical (unpaired) electrons. The Morgan fingerprint density at radius 2 is 1.77 bits per heavy atom. The van der Waals surface area contributed by atoms with Gasteiger partial charge in [-0.2, -0.15) is 5.01 Å². The number of hydrogen-bond donors (Lipinski definition) is 2. The number of urea groups is 1. The summed E-state index contributed by atoms with van der Waals surface area (Å²) < 4.78 is 0. The summed E-state index contributed by atoms with van der Waals surface area (Å²) in [6.07, 6.45) is 4.15. The summed E-state index contributed by atoms with van der Waals surface area (Å²) in [5.41, 5.74) is 3.04. The number of benzene rings is 1. The Morgan fingerprint density at radius 1 is 1.14 bits per heavy atom. The third kappa shape index (κ3) is 2.45. The topological polar surface area (TPSA) is 78.5 Å². The molecule has 0 unspecified atom stereocenters. The van der Waals surface area contributed by atoms with Gasteiger partial charge in [0.05, 0.1) is 0 Å². The molecule has 1 aromatic carbocycles. The van der Waals surface area contributed by atoms with Gasteiger partial charge in [-0.15, -0.1) is 0 Å². The summed E-state index contributed by atoms with van der Waals surface area (Å²) in [6.45, 7) is 1.92. The van der Waals surface area contributed by atoms with E-state index in [0.717, 1.165) is 29.8 Å². The van der Waals surface area contributed by atoms with Crippen LogP contribution in [0.2, 0.25) is 0 Å². The third-order valence-electron chi connectivity index (χ3n) is 4.40. The lowest BCUT2D eigenvalue weighted by Crippen LogP contribution is -2.50. The van der Waals surface area contributed by atoms with E-state index in [1.165, 1.54) is 0 Å². The van der Waals surface area contributed by atoms with Crippen LogP contribution in [-0.2, 0) is 4.79 Å². The van der Waals surface area contributed by atoms with Crippen molar-refractivity contribution in [1.29, 1.82) is 0 Å². The molecular formula is C16H19N3O3. The second-order valence-corrected chi connectivity index (χ2v) is 6.02. The first-order valence-corrected chi connectivity index (χ1v) is 7.56. The van der Waals surface area contributed by atoms with Gasteiger partial charge in [-0.3, -0.25) is 15.0 Å². The zero-order chi connectivity index (χ0) is 15.7. The minimum atomic E-state index is -0.824. The Labute approximate surface area is 128 Å². The molecule has 0 atom stereocenters. The molecule has 1 saturated carbocycles. The average Bonchev–Trinajstić information content (AvgIpc) is 2.73. The van der Waals surface area contributed by atoms with Gasteiger partial charge in [-0.25, -0.2) is 4.79 Å². The SMILES string of the molecule is Cc1ccc(C(=O)NN2C(=O)NC3(CCCCC3)C2=O)cc1. The van der Waals surface area contributed by atoms with Crippen LogP contribution in [-0.4, -0.2) is 28.4 Å². The van der Waals surface area contributed by atoms with E-state index in [-0.39, 0.29) is 5.91 Å². The second kappa shape index (κ2) is 5.44. The van der Waals surface area contributed by atoms with Crippen molar-refractivity contribution in [1.82, 2.24) is 15.8 Å². The molecule has 1 heterocycles. The van der Waals surface area contributed by atoms with E-state index < -0.39 is 17.5 Å². The molecule has 0 bridgehead atoms. The van der Waals surface area contributed by atoms with Crippen LogP contribution in [0.5, 0.6) is 0 Å². The maximum absolute atomic E-state index is 12.5. The molecule has 2 fully saturated rings. The van der Waals surface area contributed by atoms with E-state index in [0.29, 0.717) is 18.4 Å². The van der Waals surface area contributed by atoms with Gasteiger partial charge in [0.25, 0.3) is 11.8 Å². The van der Waals surface area contributed by atoms with Crippen molar-refractivity contribution in [3.8, 4) is 0 Å². The highest BCUT2D eigenvalue weighted by Crippen LogP contribution is 2.33. The van der Waals surface area contributed by atoms with E-state index in [1.54, 1.807) is 12.1 Å². The smallest absolute Gasteiger partial charge is 0.322 e. The van der Waals surface area contributed by atoms with Gasteiger partial charge in [0.1, 0.15) is 5.54 Å². The van der Waals surface area contributed by atoms with Crippen LogP contribution in [0, 0.1) is 6.92 Å². The van der Waals surface area contributed by atoms with Gasteiger partial charge in [0.2, 0.25) is 0 Å². The van der Waals surface area contributed by atoms with E-state index in [2.05, 4.69) is 10.7 Å². The third-order valence-corrected chi connectivity index (χ3v) is 4.40. The number of carbonyl (C=O) groups excluding carboxylic acids is 3. The molecule has 0 aromatic heterocycles. The summed E-state index contributed by atoms with van der Waals surface area (Å²) in [7, 11) is 0. The highest BCUT2D eigenvalue weighted by Gasteiger charge is 2.52. The molecule has 6 nitrogen and oxygen atoms in total. The molecule has 1 saturated heterocycles. The van der Waals surface area contributed by atoms with Crippen molar-refractivity contribution in [2.45, 2.75) is 44.6 Å². The summed E-state index contributed by atoms with van der Waals surface area (Å²) in [6, 6.07) is 6.40. The van der Waals surface area contributed by atoms with E-state index >= 15 is 0 Å². The van der Waals surface area contributed by atoms with E-state index in [4.69, 9.17) is 0 Å². The predicted octanol–water partition coefficient (Wildman–Crippen LogP) is 1.89. The molecular weight excluding hydrogens is 282 g/mol. The summed E-state index contributed by atoms with van der Waals surface area (Å²) in [5.74, 6) is -0.811. The van der Waals surface area contributed by atoms with Gasteiger partial charge < -0.3 is 5.32 Å². The number of hydrogen-bond acceptors (Lipinski definition) is 3. The number of carbonyl (C=O) groups is 3. The Bertz CT molecular complexity index is 618. The number of nitrogens with zero attached hydrogens (tertiary/aromatic N) is 1. The monoisotopic (exact) mass is 301 g/mol. The van der Waals surface area contributed by atoms with Crippen molar-refractivity contribution >= 4 is 17.8 Å². The minimum Gasteiger partial charge on any atom is -0.322 e. The molecule has 2 N–H and O–H groups in total. The maximum Gasteiger partial charge on any atom is 0.344 e. The van der Waals surface area contributed by atoms with Crippen LogP contribution in [0.4, 0.5) is 4.79 Å². The molecule has 4 amide bonds. The standard InChI is InChI=1S/C16H19N3O3/c1-11-5-7-12(8-6-11)13(20)18-19-14(21)16(17-15(19)22)9-3-2-4-10-16/h5-8H,2-4,9-10H2,1H3,(H,17,22)(H,18,20). The normalized spacial score (nSPS) is 20.1. The minimum absolute atomic E-state index is 0.349. The highest BCUT2D eigenvalue weighted by molar-refractivity contribution is 6.09. The lowest BCUT2D eigenvalue weighted by molar-refractivity contribution is -0.134. The number of imide groups is 1. The van der Waals surface area contributed by atoms with Crippen LogP contribution in [0.15, 0.2) is 24.3 Å². The number of amides is 4. The molecule has 22 heavy (non-hydrogen) atoms. The number of aryl methyl sites for hydroxylation is 1. The van der Waals surface area contributed by atoms with Gasteiger partial charge in [-0.1, -0.05) is 37.0 Å². The van der Waals surface area contributed by atoms with Crippen LogP contribution >= 0.6 is 0 Å². The van der Waals surface area contributed by atoms with E-state index in [9.17, 15) is 14.4 Å². The molecule has 1 spiro atoms. The Hall–Kier alpha value is -2.37. The fourth-order valence-corrected chi connectivity index (χ4v) is 3.09. The summed E-state index contributed by atoms with van der Waals surface area (Å²) in [4.78, 5) is 36.8. The quantitative estimate of drug-likeness (QED) is 0.819. The zero-order valence-electron chi connectivity index (χ0n) is 12.5. The Morgan fingerprint density at radius 3 is 2.41 bits per heavy atom. The first-order chi connectivity index (χ1) is 10.5. The van der Waals surface area contributed by atoms with Crippen molar-refractivity contribution in [3.05, 3.63) is 35.4 Å². The van der Waals surface area contributed by atoms with Crippen LogP contribution in [0.25, 0.3) is 0 Å². The predicted molar refractivity (Wildman–Crippen MR) is 79.8 cm³/mol. The van der Waals surface area contributed by atoms with Crippen molar-refractivity contribution < 1.29 is 14.4 Å². The summed E-state index contributed by atoms with van der Waals surface area (Å²) in [5, 5.41) is 3.58. The fourth-order valence-electron chi connectivity index (χ4n) is 3.09. The number of hydrazine groups is 1. The first kappa shape index (κ1) is 14.6. The second-order valence-electron chi connectivity index (χ2n) is 6.02. The fraction of sp³-hybridized carbons (Fsp3) is 0.438. The summed E-state index contributed by atoms with van der Waals surface area (Å²) >= 11 is 0. The van der Waals surface area contributed by atoms with Crippen molar-refractivity contribution in [3.63, 3.8) is 0 Å². The van der Waals surface area contributed by atoms with Crippen LogP contribution < -0.4 is 10.7 Å². The van der Waals surface area contributed by atoms with Crippen molar-refractivity contribution in [2.24, 2.45) is 0 Å². The first-order valence-electron chi connectivity index (χ1n) is 7.56. The van der Waals surface area contributed by atoms with Crippen LogP contribution in [0.1, 0.15) is 48.0 Å². The highest BCUT2D eigenvalue weighted by atomic mass is 16.2. The molecule has 1 aromatic rings. The van der Waals surface area contributed by atoms with Gasteiger partial charge in [0, 0.05) is 5.56 Å². The molecule has 6 heteroatoms. The Kier molecular flexibility index (Phi) is 3.60. The average molecular weight is 301 g/mol. The van der Waals surface area contributed by atoms with E-state index in [1.807, 2.05) is 19.1 Å². The maximum atomic E-state index is 12.5. The molecule has 2 aliphatic rings. The lowest BCUT2D eigenvalue weighted by Gasteiger charge is -2.30. The molecule has 1 aliphatic carbocycles.